The maximum atomic E-state index is 13.9. The Morgan fingerprint density at radius 2 is 1.64 bits per heavy atom. The molecule has 2 aliphatic rings. The zero-order valence-electron chi connectivity index (χ0n) is 21.1. The fourth-order valence-electron chi connectivity index (χ4n) is 6.00. The van der Waals surface area contributed by atoms with Gasteiger partial charge in [-0.1, -0.05) is 90.4 Å². The van der Waals surface area contributed by atoms with Crippen molar-refractivity contribution in [2.75, 3.05) is 13.1 Å². The van der Waals surface area contributed by atoms with E-state index in [2.05, 4.69) is 62.7 Å². The minimum atomic E-state index is 0.00369. The largest absolute Gasteiger partial charge is 0.335 e. The van der Waals surface area contributed by atoms with Crippen molar-refractivity contribution < 1.29 is 4.79 Å². The first kappa shape index (κ1) is 25.5. The number of carbonyl (C=O) groups excluding carboxylic acids is 1. The van der Waals surface area contributed by atoms with Gasteiger partial charge in [0, 0.05) is 37.7 Å². The molecule has 3 aromatic rings. The zero-order valence-corrected chi connectivity index (χ0v) is 23.3. The third-order valence-corrected chi connectivity index (χ3v) is 9.63. The maximum absolute atomic E-state index is 13.9. The van der Waals surface area contributed by atoms with Crippen LogP contribution in [0.5, 0.6) is 0 Å². The SMILES string of the molecule is Cn1c(=O)c(CN(C(=O)C2CCCCC2)C2CCN(C(I)c3ccccc3)CC2)cc2ccccc21. The fourth-order valence-corrected chi connectivity index (χ4v) is 6.98. The van der Waals surface area contributed by atoms with Crippen molar-refractivity contribution in [3.63, 3.8) is 0 Å². The molecule has 1 aromatic heterocycles. The monoisotopic (exact) mass is 597 g/mol. The molecule has 2 fully saturated rings. The molecule has 0 N–H and O–H groups in total. The molecule has 0 radical (unpaired) electrons. The van der Waals surface area contributed by atoms with Crippen molar-refractivity contribution >= 4 is 39.4 Å². The smallest absolute Gasteiger partial charge is 0.255 e. The summed E-state index contributed by atoms with van der Waals surface area (Å²) in [5.74, 6) is 0.361. The Bertz CT molecular complexity index is 1240. The number of aromatic nitrogens is 1. The third kappa shape index (κ3) is 5.40. The van der Waals surface area contributed by atoms with Crippen LogP contribution in [-0.4, -0.2) is 39.4 Å². The summed E-state index contributed by atoms with van der Waals surface area (Å²) in [6.45, 7) is 2.32. The van der Waals surface area contributed by atoms with Crippen LogP contribution in [0.2, 0.25) is 0 Å². The number of alkyl halides is 1. The van der Waals surface area contributed by atoms with E-state index in [0.29, 0.717) is 10.6 Å². The minimum absolute atomic E-state index is 0.00369. The average Bonchev–Trinajstić information content (AvgIpc) is 2.94. The number of likely N-dealkylation sites (tertiary alicyclic amines) is 1. The van der Waals surface area contributed by atoms with E-state index in [-0.39, 0.29) is 23.4 Å². The number of piperidine rings is 1. The van der Waals surface area contributed by atoms with Gasteiger partial charge in [-0.25, -0.2) is 0 Å². The van der Waals surface area contributed by atoms with Gasteiger partial charge in [0.1, 0.15) is 0 Å². The number of nitrogens with zero attached hydrogens (tertiary/aromatic N) is 3. The lowest BCUT2D eigenvalue weighted by molar-refractivity contribution is -0.140. The number of halogens is 1. The molecule has 0 bridgehead atoms. The highest BCUT2D eigenvalue weighted by Crippen LogP contribution is 2.33. The van der Waals surface area contributed by atoms with Gasteiger partial charge in [-0.2, -0.15) is 0 Å². The van der Waals surface area contributed by atoms with Crippen LogP contribution < -0.4 is 5.56 Å². The van der Waals surface area contributed by atoms with Crippen molar-refractivity contribution in [2.24, 2.45) is 13.0 Å². The summed E-state index contributed by atoms with van der Waals surface area (Å²) in [5, 5.41) is 1.05. The number of rotatable bonds is 6. The van der Waals surface area contributed by atoms with E-state index < -0.39 is 0 Å². The lowest BCUT2D eigenvalue weighted by Gasteiger charge is -2.41. The van der Waals surface area contributed by atoms with Crippen LogP contribution in [0.4, 0.5) is 0 Å². The van der Waals surface area contributed by atoms with E-state index in [1.54, 1.807) is 4.57 Å². The number of benzene rings is 2. The topological polar surface area (TPSA) is 45.6 Å². The Morgan fingerprint density at radius 3 is 2.36 bits per heavy atom. The molecule has 1 aliphatic heterocycles. The molecule has 36 heavy (non-hydrogen) atoms. The van der Waals surface area contributed by atoms with E-state index in [1.165, 1.54) is 12.0 Å². The normalized spacial score (nSPS) is 18.8. The molecule has 1 amide bonds. The molecule has 1 saturated heterocycles. The van der Waals surface area contributed by atoms with Crippen molar-refractivity contribution in [2.45, 2.75) is 61.6 Å². The van der Waals surface area contributed by atoms with E-state index in [9.17, 15) is 9.59 Å². The third-order valence-electron chi connectivity index (χ3n) is 8.12. The Labute approximate surface area is 227 Å². The Balaban J connectivity index is 1.38. The van der Waals surface area contributed by atoms with Gasteiger partial charge in [-0.05, 0) is 48.8 Å². The van der Waals surface area contributed by atoms with Gasteiger partial charge in [0.15, 0.2) is 0 Å². The summed E-state index contributed by atoms with van der Waals surface area (Å²) in [4.78, 5) is 31.8. The molecule has 2 heterocycles. The predicted octanol–water partition coefficient (Wildman–Crippen LogP) is 6.05. The molecule has 1 atom stereocenters. The minimum Gasteiger partial charge on any atom is -0.335 e. The number of fused-ring (bicyclic) bond motifs is 1. The van der Waals surface area contributed by atoms with Gasteiger partial charge in [0.2, 0.25) is 5.91 Å². The number of amides is 1. The zero-order chi connectivity index (χ0) is 25.1. The first-order valence-corrected chi connectivity index (χ1v) is 14.6. The number of pyridine rings is 1. The Kier molecular flexibility index (Phi) is 8.11. The molecular weight excluding hydrogens is 561 g/mol. The lowest BCUT2D eigenvalue weighted by Crippen LogP contribution is -2.49. The van der Waals surface area contributed by atoms with Gasteiger partial charge in [-0.15, -0.1) is 0 Å². The summed E-state index contributed by atoms with van der Waals surface area (Å²) in [5.41, 5.74) is 2.98. The van der Waals surface area contributed by atoms with E-state index in [4.69, 9.17) is 0 Å². The van der Waals surface area contributed by atoms with Gasteiger partial charge < -0.3 is 9.47 Å². The van der Waals surface area contributed by atoms with Crippen molar-refractivity contribution in [3.05, 3.63) is 82.1 Å². The second-order valence-corrected chi connectivity index (χ2v) is 11.6. The molecule has 2 aromatic carbocycles. The number of hydrogen-bond donors (Lipinski definition) is 0. The average molecular weight is 598 g/mol. The highest BCUT2D eigenvalue weighted by atomic mass is 127. The first-order chi connectivity index (χ1) is 17.5. The molecule has 6 heteroatoms. The van der Waals surface area contributed by atoms with Crippen molar-refractivity contribution in [1.29, 1.82) is 0 Å². The van der Waals surface area contributed by atoms with Crippen molar-refractivity contribution in [3.8, 4) is 0 Å². The predicted molar refractivity (Wildman–Crippen MR) is 154 cm³/mol. The maximum Gasteiger partial charge on any atom is 0.255 e. The highest BCUT2D eigenvalue weighted by Gasteiger charge is 2.34. The van der Waals surface area contributed by atoms with E-state index in [1.807, 2.05) is 37.4 Å². The van der Waals surface area contributed by atoms with Crippen LogP contribution in [0.3, 0.4) is 0 Å². The molecule has 0 spiro atoms. The Morgan fingerprint density at radius 1 is 0.972 bits per heavy atom. The van der Waals surface area contributed by atoms with E-state index in [0.717, 1.165) is 68.1 Å². The van der Waals surface area contributed by atoms with E-state index >= 15 is 0 Å². The fraction of sp³-hybridized carbons (Fsp3) is 0.467. The molecule has 1 saturated carbocycles. The summed E-state index contributed by atoms with van der Waals surface area (Å²) in [7, 11) is 1.84. The highest BCUT2D eigenvalue weighted by molar-refractivity contribution is 14.1. The number of para-hydroxylation sites is 1. The van der Waals surface area contributed by atoms with Gasteiger partial charge >= 0.3 is 0 Å². The molecule has 5 rings (SSSR count). The quantitative estimate of drug-likeness (QED) is 0.198. The van der Waals surface area contributed by atoms with Crippen LogP contribution >= 0.6 is 22.6 Å². The standard InChI is InChI=1S/C30H36IN3O2/c1-32-27-15-9-8-14-24(27)20-25(29(32)35)21-34(30(36)23-12-6-3-7-13-23)26-16-18-33(19-17-26)28(31)22-10-4-2-5-11-22/h2,4-5,8-11,14-15,20,23,26,28H,3,6-7,12-13,16-19,21H2,1H3. The van der Waals surface area contributed by atoms with Gasteiger partial charge in [0.05, 0.1) is 16.1 Å². The molecule has 1 aliphatic carbocycles. The van der Waals surface area contributed by atoms with Gasteiger partial charge in [0.25, 0.3) is 5.56 Å². The summed E-state index contributed by atoms with van der Waals surface area (Å²) in [6, 6.07) is 20.8. The lowest BCUT2D eigenvalue weighted by atomic mass is 9.87. The first-order valence-electron chi connectivity index (χ1n) is 13.3. The molecule has 1 unspecified atom stereocenters. The summed E-state index contributed by atoms with van der Waals surface area (Å²) >= 11 is 2.54. The number of hydrogen-bond acceptors (Lipinski definition) is 3. The summed E-state index contributed by atoms with van der Waals surface area (Å²) in [6.07, 6.45) is 7.34. The number of aryl methyl sites for hydroxylation is 1. The molecule has 5 nitrogen and oxygen atoms in total. The second kappa shape index (κ2) is 11.5. The molecule has 190 valence electrons. The number of carbonyl (C=O) groups is 1. The van der Waals surface area contributed by atoms with Crippen LogP contribution in [0.25, 0.3) is 10.9 Å². The summed E-state index contributed by atoms with van der Waals surface area (Å²) < 4.78 is 2.07. The van der Waals surface area contributed by atoms with Crippen LogP contribution in [-0.2, 0) is 18.4 Å². The van der Waals surface area contributed by atoms with Crippen LogP contribution in [0.15, 0.2) is 65.5 Å². The van der Waals surface area contributed by atoms with Gasteiger partial charge in [-0.3, -0.25) is 14.5 Å². The van der Waals surface area contributed by atoms with Crippen LogP contribution in [0.1, 0.15) is 60.1 Å². The van der Waals surface area contributed by atoms with Crippen molar-refractivity contribution in [1.82, 2.24) is 14.4 Å². The Hall–Kier alpha value is -2.19. The second-order valence-electron chi connectivity index (χ2n) is 10.4. The van der Waals surface area contributed by atoms with Crippen LogP contribution in [0, 0.1) is 5.92 Å². The molecular formula is C30H36IN3O2.